The molecule has 3 N–H and O–H groups in total. The van der Waals surface area contributed by atoms with Crippen molar-refractivity contribution >= 4 is 29.0 Å². The number of rotatable bonds is 6. The monoisotopic (exact) mass is 503 g/mol. The minimum Gasteiger partial charge on any atom is -0.457 e. The van der Waals surface area contributed by atoms with Gasteiger partial charge in [-0.25, -0.2) is 14.2 Å². The number of nitrogens with zero attached hydrogens (tertiary/aromatic N) is 4. The van der Waals surface area contributed by atoms with Gasteiger partial charge in [-0.1, -0.05) is 11.6 Å². The number of anilines is 2. The van der Waals surface area contributed by atoms with Gasteiger partial charge in [0, 0.05) is 47.0 Å². The van der Waals surface area contributed by atoms with Crippen molar-refractivity contribution in [1.82, 2.24) is 24.7 Å². The second kappa shape index (κ2) is 9.88. The first kappa shape index (κ1) is 23.1. The number of urea groups is 1. The highest BCUT2D eigenvalue weighted by atomic mass is 35.5. The Kier molecular flexibility index (Phi) is 6.33. The van der Waals surface area contributed by atoms with Gasteiger partial charge >= 0.3 is 6.03 Å². The van der Waals surface area contributed by atoms with E-state index < -0.39 is 11.8 Å². The molecule has 0 spiro atoms. The third kappa shape index (κ3) is 5.34. The van der Waals surface area contributed by atoms with E-state index in [-0.39, 0.29) is 11.4 Å². The molecule has 0 aliphatic rings. The number of halogens is 2. The Balaban J connectivity index is 1.26. The summed E-state index contributed by atoms with van der Waals surface area (Å²) in [6.45, 7) is 1.87. The van der Waals surface area contributed by atoms with Crippen LogP contribution < -0.4 is 15.4 Å². The van der Waals surface area contributed by atoms with Gasteiger partial charge in [0.2, 0.25) is 0 Å². The van der Waals surface area contributed by atoms with Crippen molar-refractivity contribution in [2.45, 2.75) is 6.92 Å². The second-order valence-corrected chi connectivity index (χ2v) is 8.24. The maximum Gasteiger partial charge on any atom is 0.323 e. The van der Waals surface area contributed by atoms with Crippen LogP contribution in [0.25, 0.3) is 16.9 Å². The van der Waals surface area contributed by atoms with Crippen LogP contribution in [0.1, 0.15) is 5.69 Å². The van der Waals surface area contributed by atoms with Gasteiger partial charge in [-0.15, -0.1) is 0 Å². The van der Waals surface area contributed by atoms with Crippen molar-refractivity contribution in [2.75, 3.05) is 10.6 Å². The Hall–Kier alpha value is -4.70. The lowest BCUT2D eigenvalue weighted by Gasteiger charge is -2.12. The average Bonchev–Trinajstić information content (AvgIpc) is 3.53. The predicted molar refractivity (Wildman–Crippen MR) is 134 cm³/mol. The number of hydrogen-bond donors (Lipinski definition) is 3. The Labute approximate surface area is 209 Å². The summed E-state index contributed by atoms with van der Waals surface area (Å²) in [4.78, 5) is 21.0. The van der Waals surface area contributed by atoms with Crippen molar-refractivity contribution in [3.8, 4) is 28.4 Å². The molecular weight excluding hydrogens is 485 g/mol. The summed E-state index contributed by atoms with van der Waals surface area (Å²) in [6, 6.07) is 12.0. The number of nitrogens with one attached hydrogen (secondary N) is 3. The van der Waals surface area contributed by atoms with E-state index >= 15 is 0 Å². The molecule has 5 rings (SSSR count). The van der Waals surface area contributed by atoms with E-state index in [2.05, 4.69) is 30.8 Å². The molecule has 36 heavy (non-hydrogen) atoms. The number of H-pyrrole nitrogens is 1. The number of carbonyl (C=O) groups is 1. The zero-order chi connectivity index (χ0) is 25.1. The highest BCUT2D eigenvalue weighted by molar-refractivity contribution is 6.31. The van der Waals surface area contributed by atoms with Crippen LogP contribution in [0.5, 0.6) is 11.5 Å². The maximum absolute atomic E-state index is 14.7. The molecule has 0 radical (unpaired) electrons. The molecule has 3 heterocycles. The lowest BCUT2D eigenvalue weighted by Crippen LogP contribution is -2.20. The SMILES string of the molecule is Cc1cn(-c2cc(Cl)cc(NC(=O)Nc3ccc(Oc4ccnc(-c5cn[nH]c5)c4)cc3F)c2)cn1. The number of aromatic amines is 1. The molecule has 180 valence electrons. The van der Waals surface area contributed by atoms with Crippen LogP contribution in [0, 0.1) is 12.7 Å². The molecule has 0 bridgehead atoms. The van der Waals surface area contributed by atoms with Gasteiger partial charge in [-0.05, 0) is 43.3 Å². The number of benzene rings is 2. The zero-order valence-corrected chi connectivity index (χ0v) is 19.6. The van der Waals surface area contributed by atoms with Gasteiger partial charge in [0.25, 0.3) is 0 Å². The number of carbonyl (C=O) groups excluding carboxylic acids is 1. The molecule has 2 amide bonds. The van der Waals surface area contributed by atoms with Gasteiger partial charge in [0.15, 0.2) is 0 Å². The van der Waals surface area contributed by atoms with Crippen molar-refractivity contribution in [2.24, 2.45) is 0 Å². The molecule has 2 aromatic carbocycles. The van der Waals surface area contributed by atoms with Crippen molar-refractivity contribution < 1.29 is 13.9 Å². The number of amides is 2. The lowest BCUT2D eigenvalue weighted by molar-refractivity contribution is 0.262. The number of aromatic nitrogens is 5. The number of aryl methyl sites for hydroxylation is 1. The van der Waals surface area contributed by atoms with Crippen molar-refractivity contribution in [3.63, 3.8) is 0 Å². The van der Waals surface area contributed by atoms with Crippen molar-refractivity contribution in [3.05, 3.63) is 96.2 Å². The number of hydrogen-bond acceptors (Lipinski definition) is 5. The van der Waals surface area contributed by atoms with Crippen molar-refractivity contribution in [1.29, 1.82) is 0 Å². The first-order valence-corrected chi connectivity index (χ1v) is 11.1. The zero-order valence-electron chi connectivity index (χ0n) is 18.9. The third-order valence-corrected chi connectivity index (χ3v) is 5.32. The predicted octanol–water partition coefficient (Wildman–Crippen LogP) is 6.19. The topological polar surface area (TPSA) is 110 Å². The highest BCUT2D eigenvalue weighted by Gasteiger charge is 2.11. The van der Waals surface area contributed by atoms with E-state index in [4.69, 9.17) is 16.3 Å². The molecule has 9 nitrogen and oxygen atoms in total. The van der Waals surface area contributed by atoms with Gasteiger partial charge in [-0.3, -0.25) is 10.1 Å². The Morgan fingerprint density at radius 2 is 1.94 bits per heavy atom. The summed E-state index contributed by atoms with van der Waals surface area (Å²) in [5, 5.41) is 12.2. The van der Waals surface area contributed by atoms with Gasteiger partial charge in [0.05, 0.1) is 35.3 Å². The molecule has 0 fully saturated rings. The van der Waals surface area contributed by atoms with Gasteiger partial charge in [-0.2, -0.15) is 5.10 Å². The molecule has 11 heteroatoms. The van der Waals surface area contributed by atoms with Crippen LogP contribution in [0.3, 0.4) is 0 Å². The van der Waals surface area contributed by atoms with Crippen LogP contribution in [-0.2, 0) is 0 Å². The van der Waals surface area contributed by atoms with E-state index in [9.17, 15) is 9.18 Å². The third-order valence-electron chi connectivity index (χ3n) is 5.10. The minimum absolute atomic E-state index is 0.0128. The standard InChI is InChI=1S/C25H19ClFN7O2/c1-15-13-34(14-29-15)19-7-17(26)6-18(8-19)32-25(35)33-23-3-2-20(9-22(23)27)36-21-4-5-28-24(10-21)16-11-30-31-12-16/h2-14H,1H3,(H,30,31)(H2,32,33,35). The van der Waals surface area contributed by atoms with Crippen LogP contribution in [-0.4, -0.2) is 30.8 Å². The first-order chi connectivity index (χ1) is 17.4. The van der Waals surface area contributed by atoms with Crippen LogP contribution in [0.4, 0.5) is 20.6 Å². The summed E-state index contributed by atoms with van der Waals surface area (Å²) in [7, 11) is 0. The number of pyridine rings is 1. The maximum atomic E-state index is 14.7. The quantitative estimate of drug-likeness (QED) is 0.256. The van der Waals surface area contributed by atoms with Crippen LogP contribution in [0.15, 0.2) is 79.6 Å². The van der Waals surface area contributed by atoms with Gasteiger partial charge in [0.1, 0.15) is 17.3 Å². The average molecular weight is 504 g/mol. The summed E-state index contributed by atoms with van der Waals surface area (Å²) in [5.41, 5.74) is 3.44. The highest BCUT2D eigenvalue weighted by Crippen LogP contribution is 2.28. The fourth-order valence-electron chi connectivity index (χ4n) is 3.46. The molecule has 0 aliphatic carbocycles. The smallest absolute Gasteiger partial charge is 0.323 e. The molecule has 0 saturated heterocycles. The van der Waals surface area contributed by atoms with E-state index in [0.29, 0.717) is 22.2 Å². The molecule has 0 aliphatic heterocycles. The summed E-state index contributed by atoms with van der Waals surface area (Å²) in [5.74, 6) is 0.0780. The first-order valence-electron chi connectivity index (χ1n) is 10.7. The molecule has 0 unspecified atom stereocenters. The van der Waals surface area contributed by atoms with Crippen LogP contribution in [0.2, 0.25) is 5.02 Å². The fraction of sp³-hybridized carbons (Fsp3) is 0.0400. The summed E-state index contributed by atoms with van der Waals surface area (Å²) < 4.78 is 22.3. The Morgan fingerprint density at radius 3 is 2.69 bits per heavy atom. The molecular formula is C25H19ClFN7O2. The van der Waals surface area contributed by atoms with E-state index in [1.807, 2.05) is 13.1 Å². The largest absolute Gasteiger partial charge is 0.457 e. The van der Waals surface area contributed by atoms with Gasteiger partial charge < -0.3 is 19.9 Å². The molecule has 0 atom stereocenters. The Morgan fingerprint density at radius 1 is 1.08 bits per heavy atom. The minimum atomic E-state index is -0.660. The summed E-state index contributed by atoms with van der Waals surface area (Å²) in [6.07, 6.45) is 8.41. The van der Waals surface area contributed by atoms with E-state index in [1.54, 1.807) is 65.9 Å². The van der Waals surface area contributed by atoms with E-state index in [1.165, 1.54) is 12.1 Å². The lowest BCUT2D eigenvalue weighted by atomic mass is 10.2. The fourth-order valence-corrected chi connectivity index (χ4v) is 3.69. The number of imidazole rings is 1. The summed E-state index contributed by atoms with van der Waals surface area (Å²) >= 11 is 6.21. The molecule has 0 saturated carbocycles. The Bertz CT molecular complexity index is 1540. The number of ether oxygens (including phenoxy) is 1. The van der Waals surface area contributed by atoms with E-state index in [0.717, 1.165) is 16.9 Å². The molecule has 5 aromatic rings. The van der Waals surface area contributed by atoms with Crippen LogP contribution >= 0.6 is 11.6 Å². The second-order valence-electron chi connectivity index (χ2n) is 7.81. The molecule has 3 aromatic heterocycles. The normalized spacial score (nSPS) is 10.8.